The molecule has 10 rings (SSSR count). The van der Waals surface area contributed by atoms with E-state index in [1.54, 1.807) is 0 Å². The molecule has 12 heteroatoms. The summed E-state index contributed by atoms with van der Waals surface area (Å²) in [4.78, 5) is 0. The van der Waals surface area contributed by atoms with E-state index in [2.05, 4.69) is 259 Å². The Morgan fingerprint density at radius 1 is 0.343 bits per heavy atom. The van der Waals surface area contributed by atoms with Crippen LogP contribution in [-0.2, 0) is 10.8 Å². The first-order chi connectivity index (χ1) is 49.6. The standard InChI is InChI=1S/C93H128F2N2O4Si4/c1-25-102(26-2,27-3)68-38-42-72-73-43-39-69(103(28-4,29-5)30-6)57-81(73)96(80(72)56-68)84-52-64(92(21,22)60-90(15,16)17)50-76(86(84)98)78-54-66(94)48-62(13)88(78)100-46-37-47-101-89-63(14)49-67(95)55-79(89)77-51-65(93(23,24)61-91(18,19)20)53-85(87(77)99)97-82-58-70(104(31-7,32-8)33-9)40-44-74(82)75-45-41-71(59-83(75)97)105(34-10,35-11)36-12/h38-45,48-59,98-99H,25-37,46-47,60-61H2,1-24H3. The molecule has 0 aliphatic carbocycles. The number of halogens is 2. The fourth-order valence-corrected chi connectivity index (χ4v) is 34.0. The Morgan fingerprint density at radius 2 is 0.600 bits per heavy atom. The van der Waals surface area contributed by atoms with Gasteiger partial charge in [-0.15, -0.1) is 0 Å². The second-order valence-corrected chi connectivity index (χ2v) is 56.3. The van der Waals surface area contributed by atoms with Crippen LogP contribution in [0.4, 0.5) is 8.78 Å². The molecule has 0 saturated heterocycles. The summed E-state index contributed by atoms with van der Waals surface area (Å²) in [5, 5.41) is 37.5. The van der Waals surface area contributed by atoms with Crippen LogP contribution in [0.3, 0.4) is 0 Å². The number of fused-ring (bicyclic) bond motifs is 6. The van der Waals surface area contributed by atoms with Crippen molar-refractivity contribution >= 4 is 96.7 Å². The summed E-state index contributed by atoms with van der Waals surface area (Å²) in [5.74, 6) is 0.264. The third-order valence-electron chi connectivity index (χ3n) is 26.1. The van der Waals surface area contributed by atoms with Gasteiger partial charge in [-0.25, -0.2) is 8.78 Å². The Bertz CT molecular complexity index is 4320. The van der Waals surface area contributed by atoms with Gasteiger partial charge in [-0.3, -0.25) is 0 Å². The number of aromatic hydroxyl groups is 2. The van der Waals surface area contributed by atoms with Crippen LogP contribution in [0.1, 0.15) is 194 Å². The van der Waals surface area contributed by atoms with Crippen LogP contribution in [0.5, 0.6) is 23.0 Å². The van der Waals surface area contributed by atoms with Gasteiger partial charge in [-0.05, 0) is 143 Å². The minimum atomic E-state index is -1.89. The van der Waals surface area contributed by atoms with Crippen LogP contribution in [0.15, 0.2) is 121 Å². The summed E-state index contributed by atoms with van der Waals surface area (Å²) < 4.78 is 51.9. The van der Waals surface area contributed by atoms with E-state index in [0.29, 0.717) is 62.7 Å². The highest BCUT2D eigenvalue weighted by atomic mass is 28.3. The van der Waals surface area contributed by atoms with Gasteiger partial charge in [0.1, 0.15) is 34.6 Å². The molecule has 0 radical (unpaired) electrons. The van der Waals surface area contributed by atoms with Crippen molar-refractivity contribution in [3.8, 4) is 56.6 Å². The van der Waals surface area contributed by atoms with Gasteiger partial charge < -0.3 is 28.8 Å². The average Bonchev–Trinajstić information content (AvgIpc) is 1.61. The lowest BCUT2D eigenvalue weighted by Crippen LogP contribution is -2.45. The fraction of sp³-hybridized carbons (Fsp3) is 0.484. The number of hydrogen-bond donors (Lipinski definition) is 2. The van der Waals surface area contributed by atoms with E-state index in [0.717, 1.165) is 140 Å². The smallest absolute Gasteiger partial charge is 0.147 e. The van der Waals surface area contributed by atoms with Gasteiger partial charge in [-0.2, -0.15) is 0 Å². The molecule has 0 saturated carbocycles. The first kappa shape index (κ1) is 80.8. The summed E-state index contributed by atoms with van der Waals surface area (Å²) in [6.07, 6.45) is 2.11. The molecule has 0 spiro atoms. The molecule has 564 valence electrons. The van der Waals surface area contributed by atoms with Crippen LogP contribution in [-0.4, -0.2) is 64.9 Å². The lowest BCUT2D eigenvalue weighted by atomic mass is 9.71. The summed E-state index contributed by atoms with van der Waals surface area (Å²) in [5.41, 5.74) is 10.1. The molecule has 0 bridgehead atoms. The number of phenols is 2. The van der Waals surface area contributed by atoms with Crippen molar-refractivity contribution < 1.29 is 28.5 Å². The second kappa shape index (κ2) is 31.1. The molecular formula is C93H128F2N2O4Si4. The van der Waals surface area contributed by atoms with Gasteiger partial charge in [0.2, 0.25) is 0 Å². The minimum Gasteiger partial charge on any atom is -0.505 e. The van der Waals surface area contributed by atoms with Gasteiger partial charge in [0.15, 0.2) is 0 Å². The Hall–Kier alpha value is -6.71. The quantitative estimate of drug-likeness (QED) is 0.0348. The van der Waals surface area contributed by atoms with Gasteiger partial charge in [-0.1, -0.05) is 294 Å². The van der Waals surface area contributed by atoms with E-state index in [9.17, 15) is 10.2 Å². The molecule has 0 fully saturated rings. The van der Waals surface area contributed by atoms with Gasteiger partial charge in [0.05, 0.1) is 79.0 Å². The molecule has 0 amide bonds. The van der Waals surface area contributed by atoms with Crippen molar-refractivity contribution in [2.45, 2.75) is 269 Å². The zero-order chi connectivity index (χ0) is 76.9. The average molecular weight is 1490 g/mol. The normalized spacial score (nSPS) is 13.2. The number of ether oxygens (including phenoxy) is 2. The number of aryl methyl sites for hydroxylation is 2. The number of hydrogen-bond acceptors (Lipinski definition) is 4. The van der Waals surface area contributed by atoms with E-state index in [-0.39, 0.29) is 46.4 Å². The van der Waals surface area contributed by atoms with Crippen molar-refractivity contribution in [1.29, 1.82) is 0 Å². The number of benzene rings is 8. The molecule has 10 aromatic rings. The van der Waals surface area contributed by atoms with Crippen molar-refractivity contribution in [1.82, 2.24) is 9.13 Å². The SMILES string of the molecule is CC[Si](CC)(CC)c1ccc2c3ccc([Si](CC)(CC)CC)cc3n(-c3cc(C(C)(C)CC(C)(C)C)cc(-c4cc(F)cc(C)c4OCCCOc4c(C)cc(F)cc4-c4cc(C(C)(C)CC(C)(C)C)cc(-n5c6cc([Si](CC)(CC)CC)ccc6c6ccc([Si](CC)(CC)CC)cc65)c4O)c3O)c2c1. The van der Waals surface area contributed by atoms with Crippen molar-refractivity contribution in [3.05, 3.63) is 155 Å². The van der Waals surface area contributed by atoms with E-state index < -0.39 is 43.9 Å². The van der Waals surface area contributed by atoms with Gasteiger partial charge >= 0.3 is 0 Å². The molecular weight excluding hydrogens is 1360 g/mol. The van der Waals surface area contributed by atoms with Crippen molar-refractivity contribution in [2.24, 2.45) is 10.8 Å². The van der Waals surface area contributed by atoms with Crippen LogP contribution in [0, 0.1) is 36.3 Å². The number of phenolic OH excluding ortho intramolecular Hbond substituents is 2. The first-order valence-electron chi connectivity index (χ1n) is 40.4. The topological polar surface area (TPSA) is 68.8 Å². The Balaban J connectivity index is 1.11. The maximum absolute atomic E-state index is 16.6. The highest BCUT2D eigenvalue weighted by Crippen LogP contribution is 2.51. The van der Waals surface area contributed by atoms with Crippen molar-refractivity contribution in [2.75, 3.05) is 13.2 Å². The Kier molecular flexibility index (Phi) is 23.9. The predicted molar refractivity (Wildman–Crippen MR) is 462 cm³/mol. The first-order valence-corrected chi connectivity index (χ1v) is 50.9. The van der Waals surface area contributed by atoms with Crippen molar-refractivity contribution in [3.63, 3.8) is 0 Å². The molecule has 0 aliphatic heterocycles. The molecule has 105 heavy (non-hydrogen) atoms. The lowest BCUT2D eigenvalue weighted by Gasteiger charge is -2.34. The fourth-order valence-electron chi connectivity index (χ4n) is 19.6. The predicted octanol–water partition coefficient (Wildman–Crippen LogP) is 25.7. The minimum absolute atomic E-state index is 0.0440. The summed E-state index contributed by atoms with van der Waals surface area (Å²) in [6, 6.07) is 57.3. The largest absolute Gasteiger partial charge is 0.505 e. The Morgan fingerprint density at radius 3 is 0.838 bits per heavy atom. The van der Waals surface area contributed by atoms with Crippen LogP contribution in [0.2, 0.25) is 72.5 Å². The molecule has 8 aromatic carbocycles. The van der Waals surface area contributed by atoms with E-state index in [4.69, 9.17) is 9.47 Å². The maximum Gasteiger partial charge on any atom is 0.147 e. The molecule has 2 heterocycles. The summed E-state index contributed by atoms with van der Waals surface area (Å²) in [7, 11) is -7.57. The lowest BCUT2D eigenvalue weighted by molar-refractivity contribution is 0.246. The maximum atomic E-state index is 16.6. The van der Waals surface area contributed by atoms with Gasteiger partial charge in [0, 0.05) is 50.2 Å². The van der Waals surface area contributed by atoms with E-state index >= 15 is 8.78 Å². The molecule has 6 nitrogen and oxygen atoms in total. The van der Waals surface area contributed by atoms with Crippen LogP contribution >= 0.6 is 0 Å². The molecule has 0 unspecified atom stereocenters. The number of rotatable bonds is 30. The van der Waals surface area contributed by atoms with E-state index in [1.165, 1.54) is 45.0 Å². The van der Waals surface area contributed by atoms with Crippen LogP contribution in [0.25, 0.3) is 77.2 Å². The number of aromatic nitrogens is 2. The number of nitrogens with zero attached hydrogens (tertiary/aromatic N) is 2. The third kappa shape index (κ3) is 15.2. The highest BCUT2D eigenvalue weighted by molar-refractivity contribution is 6.93. The van der Waals surface area contributed by atoms with Gasteiger partial charge in [0.25, 0.3) is 0 Å². The molecule has 2 aromatic heterocycles. The monoisotopic (exact) mass is 1490 g/mol. The van der Waals surface area contributed by atoms with E-state index in [1.807, 2.05) is 13.8 Å². The molecule has 0 atom stereocenters. The molecule has 2 N–H and O–H groups in total. The van der Waals surface area contributed by atoms with Crippen LogP contribution < -0.4 is 30.2 Å². The zero-order valence-electron chi connectivity index (χ0n) is 68.9. The summed E-state index contributed by atoms with van der Waals surface area (Å²) in [6.45, 7) is 55.4. The highest BCUT2D eigenvalue weighted by Gasteiger charge is 2.38. The zero-order valence-corrected chi connectivity index (χ0v) is 72.9. The second-order valence-electron chi connectivity index (χ2n) is 35.2. The molecule has 0 aliphatic rings. The summed E-state index contributed by atoms with van der Waals surface area (Å²) >= 11 is 0. The third-order valence-corrected chi connectivity index (χ3v) is 48.5. The Labute approximate surface area is 634 Å².